The SMILES string of the molecule is O=C(O)C1=NN(CC(O)CS(=O)(=O)O)C(=O)C1. The average Bonchev–Trinajstić information content (AvgIpc) is 2.44. The first-order chi connectivity index (χ1) is 7.69. The summed E-state index contributed by atoms with van der Waals surface area (Å²) in [6.07, 6.45) is -1.95. The standard InChI is InChI=1S/C7H10N2O7S/c10-4(3-17(14,15)16)2-9-6(11)1-5(8-9)7(12)13/h4,10H,1-3H2,(H,12,13)(H,14,15,16). The Bertz CT molecular complexity index is 469. The predicted molar refractivity (Wildman–Crippen MR) is 53.8 cm³/mol. The third-order valence-electron chi connectivity index (χ3n) is 1.88. The zero-order chi connectivity index (χ0) is 13.2. The van der Waals surface area contributed by atoms with E-state index in [0.717, 1.165) is 0 Å². The molecule has 1 unspecified atom stereocenters. The highest BCUT2D eigenvalue weighted by atomic mass is 32.2. The molecule has 0 spiro atoms. The lowest BCUT2D eigenvalue weighted by Gasteiger charge is -2.15. The van der Waals surface area contributed by atoms with E-state index in [-0.39, 0.29) is 5.71 Å². The molecule has 0 aromatic rings. The summed E-state index contributed by atoms with van der Waals surface area (Å²) in [7, 11) is -4.37. The second kappa shape index (κ2) is 4.77. The molecule has 0 fully saturated rings. The van der Waals surface area contributed by atoms with Gasteiger partial charge in [0.1, 0.15) is 5.75 Å². The van der Waals surface area contributed by atoms with Gasteiger partial charge >= 0.3 is 5.97 Å². The van der Waals surface area contributed by atoms with Gasteiger partial charge in [-0.05, 0) is 0 Å². The van der Waals surface area contributed by atoms with Crippen molar-refractivity contribution in [2.75, 3.05) is 12.3 Å². The third-order valence-corrected chi connectivity index (χ3v) is 2.69. The molecule has 96 valence electrons. The van der Waals surface area contributed by atoms with E-state index in [1.807, 2.05) is 0 Å². The van der Waals surface area contributed by atoms with Crippen LogP contribution in [-0.2, 0) is 19.7 Å². The number of aliphatic hydroxyl groups is 1. The van der Waals surface area contributed by atoms with Crippen LogP contribution in [0, 0.1) is 0 Å². The topological polar surface area (TPSA) is 145 Å². The van der Waals surface area contributed by atoms with E-state index >= 15 is 0 Å². The number of carbonyl (C=O) groups is 2. The molecule has 10 heteroatoms. The molecule has 0 radical (unpaired) electrons. The summed E-state index contributed by atoms with van der Waals surface area (Å²) in [5.41, 5.74) is -0.381. The van der Waals surface area contributed by atoms with Crippen LogP contribution in [0.5, 0.6) is 0 Å². The minimum atomic E-state index is -4.37. The van der Waals surface area contributed by atoms with Crippen molar-refractivity contribution in [3.63, 3.8) is 0 Å². The van der Waals surface area contributed by atoms with Crippen molar-refractivity contribution < 1.29 is 32.8 Å². The summed E-state index contributed by atoms with van der Waals surface area (Å²) in [6.45, 7) is -0.491. The molecular formula is C7H10N2O7S. The third kappa shape index (κ3) is 4.09. The zero-order valence-corrected chi connectivity index (χ0v) is 9.29. The fourth-order valence-electron chi connectivity index (χ4n) is 1.23. The molecule has 1 aliphatic heterocycles. The fraction of sp³-hybridized carbons (Fsp3) is 0.571. The Morgan fingerprint density at radius 3 is 2.53 bits per heavy atom. The summed E-state index contributed by atoms with van der Waals surface area (Å²) in [4.78, 5) is 21.7. The number of β-amino-alcohol motifs (C(OH)–C–C–N with tert-alkyl or cyclic N) is 1. The molecule has 9 nitrogen and oxygen atoms in total. The van der Waals surface area contributed by atoms with Gasteiger partial charge in [0.05, 0.1) is 19.1 Å². The van der Waals surface area contributed by atoms with Gasteiger partial charge in [-0.2, -0.15) is 13.5 Å². The number of hydrogen-bond donors (Lipinski definition) is 3. The van der Waals surface area contributed by atoms with Crippen LogP contribution in [-0.4, -0.2) is 64.2 Å². The number of amides is 1. The van der Waals surface area contributed by atoms with Crippen LogP contribution in [0.3, 0.4) is 0 Å². The molecule has 0 aromatic carbocycles. The van der Waals surface area contributed by atoms with Crippen molar-refractivity contribution in [1.29, 1.82) is 0 Å². The van der Waals surface area contributed by atoms with Crippen LogP contribution < -0.4 is 0 Å². The lowest BCUT2D eigenvalue weighted by molar-refractivity contribution is -0.131. The van der Waals surface area contributed by atoms with Crippen LogP contribution >= 0.6 is 0 Å². The lowest BCUT2D eigenvalue weighted by atomic mass is 10.3. The normalized spacial score (nSPS) is 18.1. The first kappa shape index (κ1) is 13.5. The zero-order valence-electron chi connectivity index (χ0n) is 8.48. The van der Waals surface area contributed by atoms with Gasteiger partial charge in [0.2, 0.25) is 5.91 Å². The van der Waals surface area contributed by atoms with Gasteiger partial charge in [-0.1, -0.05) is 0 Å². The Morgan fingerprint density at radius 2 is 2.12 bits per heavy atom. The molecule has 0 saturated carbocycles. The number of carboxylic acid groups (broad SMARTS) is 1. The van der Waals surface area contributed by atoms with Crippen LogP contribution in [0.2, 0.25) is 0 Å². The maximum absolute atomic E-state index is 11.2. The molecule has 1 atom stereocenters. The number of rotatable bonds is 5. The maximum atomic E-state index is 11.2. The monoisotopic (exact) mass is 266 g/mol. The van der Waals surface area contributed by atoms with Gasteiger partial charge < -0.3 is 10.2 Å². The molecular weight excluding hydrogens is 256 g/mol. The number of aliphatic hydroxyl groups excluding tert-OH is 1. The Morgan fingerprint density at radius 1 is 1.53 bits per heavy atom. The van der Waals surface area contributed by atoms with E-state index in [9.17, 15) is 23.1 Å². The van der Waals surface area contributed by atoms with E-state index in [4.69, 9.17) is 9.66 Å². The smallest absolute Gasteiger partial charge is 0.352 e. The van der Waals surface area contributed by atoms with Gasteiger partial charge in [-0.3, -0.25) is 9.35 Å². The molecule has 0 aliphatic carbocycles. The number of hydrazone groups is 1. The first-order valence-electron chi connectivity index (χ1n) is 4.43. The second-order valence-corrected chi connectivity index (χ2v) is 4.90. The van der Waals surface area contributed by atoms with Crippen molar-refractivity contribution in [1.82, 2.24) is 5.01 Å². The summed E-state index contributed by atoms with van der Waals surface area (Å²) in [5.74, 6) is -2.96. The summed E-state index contributed by atoms with van der Waals surface area (Å²) < 4.78 is 29.3. The van der Waals surface area contributed by atoms with Crippen molar-refractivity contribution in [2.45, 2.75) is 12.5 Å². The second-order valence-electron chi connectivity index (χ2n) is 3.41. The highest BCUT2D eigenvalue weighted by molar-refractivity contribution is 7.85. The quantitative estimate of drug-likeness (QED) is 0.483. The molecule has 1 heterocycles. The van der Waals surface area contributed by atoms with Gasteiger partial charge in [-0.25, -0.2) is 9.80 Å². The van der Waals surface area contributed by atoms with Crippen molar-refractivity contribution in [2.24, 2.45) is 5.10 Å². The molecule has 3 N–H and O–H groups in total. The van der Waals surface area contributed by atoms with E-state index in [1.54, 1.807) is 0 Å². The van der Waals surface area contributed by atoms with Crippen LogP contribution in [0.15, 0.2) is 5.10 Å². The Kier molecular flexibility index (Phi) is 3.80. The lowest BCUT2D eigenvalue weighted by Crippen LogP contribution is -2.34. The number of aliphatic carboxylic acids is 1. The maximum Gasteiger partial charge on any atom is 0.352 e. The first-order valence-corrected chi connectivity index (χ1v) is 6.04. The molecule has 0 aromatic heterocycles. The van der Waals surface area contributed by atoms with Crippen LogP contribution in [0.4, 0.5) is 0 Å². The van der Waals surface area contributed by atoms with Crippen molar-refractivity contribution >= 4 is 27.7 Å². The fourth-order valence-corrected chi connectivity index (χ4v) is 1.82. The van der Waals surface area contributed by atoms with Gasteiger partial charge in [0.15, 0.2) is 5.71 Å². The van der Waals surface area contributed by atoms with E-state index in [2.05, 4.69) is 5.10 Å². The largest absolute Gasteiger partial charge is 0.477 e. The highest BCUT2D eigenvalue weighted by Gasteiger charge is 2.30. The van der Waals surface area contributed by atoms with E-state index in [1.165, 1.54) is 0 Å². The van der Waals surface area contributed by atoms with Crippen LogP contribution in [0.1, 0.15) is 6.42 Å². The molecule has 17 heavy (non-hydrogen) atoms. The minimum Gasteiger partial charge on any atom is -0.477 e. The highest BCUT2D eigenvalue weighted by Crippen LogP contribution is 2.09. The number of carboxylic acids is 1. The van der Waals surface area contributed by atoms with E-state index in [0.29, 0.717) is 5.01 Å². The Labute approximate surface area is 96.1 Å². The van der Waals surface area contributed by atoms with Crippen molar-refractivity contribution in [3.05, 3.63) is 0 Å². The van der Waals surface area contributed by atoms with Crippen LogP contribution in [0.25, 0.3) is 0 Å². The number of hydrogen-bond acceptors (Lipinski definition) is 6. The predicted octanol–water partition coefficient (Wildman–Crippen LogP) is -2.09. The molecule has 1 aliphatic rings. The van der Waals surface area contributed by atoms with Gasteiger partial charge in [0.25, 0.3) is 10.1 Å². The van der Waals surface area contributed by atoms with E-state index < -0.39 is 46.8 Å². The molecule has 1 rings (SSSR count). The van der Waals surface area contributed by atoms with Gasteiger partial charge in [0, 0.05) is 0 Å². The Hall–Kier alpha value is -1.52. The average molecular weight is 266 g/mol. The summed E-state index contributed by atoms with van der Waals surface area (Å²) in [6, 6.07) is 0. The Balaban J connectivity index is 2.64. The molecule has 0 saturated heterocycles. The van der Waals surface area contributed by atoms with Gasteiger partial charge in [-0.15, -0.1) is 0 Å². The number of carbonyl (C=O) groups excluding carboxylic acids is 1. The minimum absolute atomic E-state index is 0.381. The molecule has 1 amide bonds. The van der Waals surface area contributed by atoms with Crippen molar-refractivity contribution in [3.8, 4) is 0 Å². The number of nitrogens with zero attached hydrogens (tertiary/aromatic N) is 2. The summed E-state index contributed by atoms with van der Waals surface area (Å²) in [5, 5.41) is 21.9. The summed E-state index contributed by atoms with van der Waals surface area (Å²) >= 11 is 0. The molecule has 0 bridgehead atoms.